The Balaban J connectivity index is 1.58. The lowest BCUT2D eigenvalue weighted by atomic mass is 10.1. The van der Waals surface area contributed by atoms with Crippen molar-refractivity contribution in [3.8, 4) is 0 Å². The van der Waals surface area contributed by atoms with E-state index >= 15 is 0 Å². The summed E-state index contributed by atoms with van der Waals surface area (Å²) >= 11 is 0. The molecule has 1 aliphatic heterocycles. The molecule has 0 unspecified atom stereocenters. The van der Waals surface area contributed by atoms with Crippen LogP contribution in [0.1, 0.15) is 36.5 Å². The molecule has 8 nitrogen and oxygen atoms in total. The molecule has 2 aromatic rings. The van der Waals surface area contributed by atoms with Crippen molar-refractivity contribution in [2.45, 2.75) is 26.2 Å². The summed E-state index contributed by atoms with van der Waals surface area (Å²) in [5, 5.41) is 6.48. The number of hydrogen-bond donors (Lipinski definition) is 3. The quantitative estimate of drug-likeness (QED) is 0.597. The predicted octanol–water partition coefficient (Wildman–Crippen LogP) is 2.88. The number of benzene rings is 1. The van der Waals surface area contributed by atoms with E-state index in [0.717, 1.165) is 31.9 Å². The summed E-state index contributed by atoms with van der Waals surface area (Å²) in [4.78, 5) is 22.7. The number of ether oxygens (including phenoxy) is 1. The highest BCUT2D eigenvalue weighted by molar-refractivity contribution is 5.90. The van der Waals surface area contributed by atoms with Gasteiger partial charge >= 0.3 is 5.97 Å². The van der Waals surface area contributed by atoms with Gasteiger partial charge in [-0.15, -0.1) is 0 Å². The summed E-state index contributed by atoms with van der Waals surface area (Å²) in [6.45, 7) is 6.22. The normalized spacial score (nSPS) is 14.5. The van der Waals surface area contributed by atoms with Gasteiger partial charge in [0.05, 0.1) is 12.2 Å². The molecule has 0 saturated carbocycles. The molecule has 0 radical (unpaired) electrons. The van der Waals surface area contributed by atoms with Gasteiger partial charge in [0.15, 0.2) is 11.6 Å². The van der Waals surface area contributed by atoms with Gasteiger partial charge in [0.2, 0.25) is 0 Å². The number of nitrogens with two attached hydrogens (primary N) is 1. The number of likely N-dealkylation sites (tertiary alicyclic amines) is 1. The lowest BCUT2D eigenvalue weighted by Crippen LogP contribution is -2.33. The molecule has 3 rings (SSSR count). The number of esters is 1. The number of rotatable bonds is 8. The highest BCUT2D eigenvalue weighted by Crippen LogP contribution is 2.25. The van der Waals surface area contributed by atoms with E-state index in [1.165, 1.54) is 25.6 Å². The van der Waals surface area contributed by atoms with Crippen LogP contribution in [0.2, 0.25) is 0 Å². The minimum Gasteiger partial charge on any atom is -0.462 e. The third kappa shape index (κ3) is 5.32. The highest BCUT2D eigenvalue weighted by Gasteiger charge is 2.12. The van der Waals surface area contributed by atoms with Crippen molar-refractivity contribution in [2.24, 2.45) is 0 Å². The van der Waals surface area contributed by atoms with Crippen LogP contribution in [0.5, 0.6) is 0 Å². The minimum atomic E-state index is -0.337. The molecule has 2 heterocycles. The first kappa shape index (κ1) is 19.9. The second kappa shape index (κ2) is 9.89. The Morgan fingerprint density at radius 1 is 1.14 bits per heavy atom. The molecule has 1 saturated heterocycles. The van der Waals surface area contributed by atoms with E-state index in [1.54, 1.807) is 31.2 Å². The van der Waals surface area contributed by atoms with Crippen LogP contribution >= 0.6 is 0 Å². The number of nitrogen functional groups attached to an aromatic ring is 1. The summed E-state index contributed by atoms with van der Waals surface area (Å²) in [6, 6.07) is 6.99. The van der Waals surface area contributed by atoms with Gasteiger partial charge in [-0.1, -0.05) is 6.42 Å². The number of nitrogens with one attached hydrogen (secondary N) is 2. The van der Waals surface area contributed by atoms with Crippen LogP contribution in [0.25, 0.3) is 0 Å². The summed E-state index contributed by atoms with van der Waals surface area (Å²) in [6.07, 6.45) is 5.37. The molecule has 4 N–H and O–H groups in total. The van der Waals surface area contributed by atoms with Gasteiger partial charge in [-0.05, 0) is 57.1 Å². The Kier molecular flexibility index (Phi) is 7.02. The summed E-state index contributed by atoms with van der Waals surface area (Å²) in [5.41, 5.74) is 7.98. The Morgan fingerprint density at radius 3 is 2.57 bits per heavy atom. The van der Waals surface area contributed by atoms with Crippen molar-refractivity contribution in [1.29, 1.82) is 0 Å². The van der Waals surface area contributed by atoms with Gasteiger partial charge < -0.3 is 26.0 Å². The van der Waals surface area contributed by atoms with Crippen LogP contribution in [0.3, 0.4) is 0 Å². The fourth-order valence-electron chi connectivity index (χ4n) is 3.19. The monoisotopic (exact) mass is 384 g/mol. The number of hydrogen-bond acceptors (Lipinski definition) is 8. The lowest BCUT2D eigenvalue weighted by Gasteiger charge is -2.26. The van der Waals surface area contributed by atoms with Crippen LogP contribution in [0, 0.1) is 0 Å². The molecule has 0 amide bonds. The van der Waals surface area contributed by atoms with E-state index in [2.05, 4.69) is 25.5 Å². The number of nitrogens with zero attached hydrogens (tertiary/aromatic N) is 3. The molecule has 1 aromatic carbocycles. The van der Waals surface area contributed by atoms with E-state index in [9.17, 15) is 4.79 Å². The molecule has 1 aromatic heterocycles. The molecular formula is C20H28N6O2. The van der Waals surface area contributed by atoms with Crippen LogP contribution in [-0.4, -0.2) is 53.6 Å². The fraction of sp³-hybridized carbons (Fsp3) is 0.450. The first-order valence-corrected chi connectivity index (χ1v) is 9.78. The maximum Gasteiger partial charge on any atom is 0.338 e. The van der Waals surface area contributed by atoms with Crippen molar-refractivity contribution in [2.75, 3.05) is 49.2 Å². The molecule has 0 bridgehead atoms. The largest absolute Gasteiger partial charge is 0.462 e. The molecule has 0 atom stereocenters. The fourth-order valence-corrected chi connectivity index (χ4v) is 3.19. The van der Waals surface area contributed by atoms with Crippen LogP contribution in [0.4, 0.5) is 23.0 Å². The standard InChI is InChI=1S/C20H28N6O2/c1-2-28-20(27)15-6-8-16(9-7-15)25-19-17(21)18(23-14-24-19)22-10-13-26-11-4-3-5-12-26/h6-9,14H,2-5,10-13,21H2,1H3,(H2,22,23,24,25). The highest BCUT2D eigenvalue weighted by atomic mass is 16.5. The number of piperidine rings is 1. The molecular weight excluding hydrogens is 356 g/mol. The van der Waals surface area contributed by atoms with Crippen LogP contribution in [-0.2, 0) is 4.74 Å². The number of carbonyl (C=O) groups excluding carboxylic acids is 1. The first-order chi connectivity index (χ1) is 13.7. The zero-order valence-electron chi connectivity index (χ0n) is 16.3. The van der Waals surface area contributed by atoms with Gasteiger partial charge in [-0.25, -0.2) is 14.8 Å². The average molecular weight is 384 g/mol. The molecule has 150 valence electrons. The average Bonchev–Trinajstić information content (AvgIpc) is 2.72. The van der Waals surface area contributed by atoms with Gasteiger partial charge in [0.25, 0.3) is 0 Å². The van der Waals surface area contributed by atoms with Gasteiger partial charge in [-0.2, -0.15) is 0 Å². The third-order valence-electron chi connectivity index (χ3n) is 4.71. The Hall–Kier alpha value is -2.87. The van der Waals surface area contributed by atoms with E-state index in [0.29, 0.717) is 29.5 Å². The smallest absolute Gasteiger partial charge is 0.338 e. The van der Waals surface area contributed by atoms with E-state index in [1.807, 2.05) is 0 Å². The summed E-state index contributed by atoms with van der Waals surface area (Å²) in [7, 11) is 0. The molecule has 0 spiro atoms. The SMILES string of the molecule is CCOC(=O)c1ccc(Nc2ncnc(NCCN3CCCCC3)c2N)cc1. The van der Waals surface area contributed by atoms with Crippen molar-refractivity contribution in [3.63, 3.8) is 0 Å². The minimum absolute atomic E-state index is 0.337. The second-order valence-corrected chi connectivity index (χ2v) is 6.74. The van der Waals surface area contributed by atoms with Crippen molar-refractivity contribution >= 4 is 29.0 Å². The molecule has 28 heavy (non-hydrogen) atoms. The third-order valence-corrected chi connectivity index (χ3v) is 4.71. The van der Waals surface area contributed by atoms with E-state index < -0.39 is 0 Å². The topological polar surface area (TPSA) is 105 Å². The van der Waals surface area contributed by atoms with Crippen molar-refractivity contribution < 1.29 is 9.53 Å². The molecule has 0 aliphatic carbocycles. The Labute approximate surface area is 165 Å². The number of anilines is 4. The van der Waals surface area contributed by atoms with Crippen molar-refractivity contribution in [1.82, 2.24) is 14.9 Å². The molecule has 1 aliphatic rings. The van der Waals surface area contributed by atoms with E-state index in [4.69, 9.17) is 10.5 Å². The number of carbonyl (C=O) groups is 1. The Bertz CT molecular complexity index is 775. The molecule has 1 fully saturated rings. The van der Waals surface area contributed by atoms with Gasteiger partial charge in [0.1, 0.15) is 12.0 Å². The number of aromatic nitrogens is 2. The van der Waals surface area contributed by atoms with Crippen molar-refractivity contribution in [3.05, 3.63) is 36.2 Å². The Morgan fingerprint density at radius 2 is 1.86 bits per heavy atom. The second-order valence-electron chi connectivity index (χ2n) is 6.74. The summed E-state index contributed by atoms with van der Waals surface area (Å²) in [5.74, 6) is 0.813. The lowest BCUT2D eigenvalue weighted by molar-refractivity contribution is 0.0526. The maximum absolute atomic E-state index is 11.7. The van der Waals surface area contributed by atoms with Crippen LogP contribution in [0.15, 0.2) is 30.6 Å². The predicted molar refractivity (Wildman–Crippen MR) is 111 cm³/mol. The first-order valence-electron chi connectivity index (χ1n) is 9.78. The van der Waals surface area contributed by atoms with Crippen LogP contribution < -0.4 is 16.4 Å². The zero-order chi connectivity index (χ0) is 19.8. The van der Waals surface area contributed by atoms with E-state index in [-0.39, 0.29) is 5.97 Å². The maximum atomic E-state index is 11.7. The van der Waals surface area contributed by atoms with Gasteiger partial charge in [0, 0.05) is 18.8 Å². The zero-order valence-corrected chi connectivity index (χ0v) is 16.3. The summed E-state index contributed by atoms with van der Waals surface area (Å²) < 4.78 is 4.99. The molecule has 8 heteroatoms. The van der Waals surface area contributed by atoms with Gasteiger partial charge in [-0.3, -0.25) is 0 Å².